The maximum absolute atomic E-state index is 9.04. The van der Waals surface area contributed by atoms with Gasteiger partial charge in [-0.15, -0.1) is 5.10 Å². The van der Waals surface area contributed by atoms with Gasteiger partial charge in [0.2, 0.25) is 0 Å². The first kappa shape index (κ1) is 10.8. The lowest BCUT2D eigenvalue weighted by molar-refractivity contribution is 0.0638. The number of rotatable bonds is 1. The van der Waals surface area contributed by atoms with Gasteiger partial charge in [0.25, 0.3) is 0 Å². The highest BCUT2D eigenvalue weighted by molar-refractivity contribution is 5.54. The summed E-state index contributed by atoms with van der Waals surface area (Å²) in [6.45, 7) is 6.17. The van der Waals surface area contributed by atoms with Crippen LogP contribution in [-0.2, 0) is 4.74 Å². The van der Waals surface area contributed by atoms with Crippen molar-refractivity contribution in [2.75, 3.05) is 24.7 Å². The number of hydrogen-bond acceptors (Lipinski definition) is 5. The third-order valence-electron chi connectivity index (χ3n) is 2.72. The van der Waals surface area contributed by atoms with Gasteiger partial charge >= 0.3 is 0 Å². The van der Waals surface area contributed by atoms with Gasteiger partial charge in [-0.1, -0.05) is 0 Å². The third kappa shape index (κ3) is 1.84. The zero-order valence-corrected chi connectivity index (χ0v) is 9.47. The highest BCUT2D eigenvalue weighted by atomic mass is 16.5. The molecule has 2 heterocycles. The Hall–Kier alpha value is -1.67. The summed E-state index contributed by atoms with van der Waals surface area (Å²) in [4.78, 5) is 2.09. The van der Waals surface area contributed by atoms with Crippen molar-refractivity contribution in [3.63, 3.8) is 0 Å². The lowest BCUT2D eigenvalue weighted by Crippen LogP contribution is -2.53. The molecule has 0 radical (unpaired) electrons. The molecule has 5 nitrogen and oxygen atoms in total. The van der Waals surface area contributed by atoms with E-state index in [0.29, 0.717) is 24.6 Å². The first-order valence-corrected chi connectivity index (χ1v) is 5.22. The van der Waals surface area contributed by atoms with E-state index in [2.05, 4.69) is 35.0 Å². The summed E-state index contributed by atoms with van der Waals surface area (Å²) in [6, 6.07) is 3.83. The Morgan fingerprint density at radius 1 is 1.56 bits per heavy atom. The van der Waals surface area contributed by atoms with Gasteiger partial charge in [-0.05, 0) is 19.9 Å². The van der Waals surface area contributed by atoms with Crippen LogP contribution in [0.15, 0.2) is 12.3 Å². The smallest absolute Gasteiger partial charge is 0.169 e. The Balaban J connectivity index is 2.39. The van der Waals surface area contributed by atoms with Crippen molar-refractivity contribution >= 4 is 5.82 Å². The monoisotopic (exact) mass is 218 g/mol. The molecule has 5 heteroatoms. The Labute approximate surface area is 94.7 Å². The van der Waals surface area contributed by atoms with Gasteiger partial charge < -0.3 is 9.64 Å². The maximum Gasteiger partial charge on any atom is 0.169 e. The van der Waals surface area contributed by atoms with E-state index in [4.69, 9.17) is 10.00 Å². The Kier molecular flexibility index (Phi) is 2.75. The Morgan fingerprint density at radius 3 is 3.06 bits per heavy atom. The first-order valence-electron chi connectivity index (χ1n) is 5.22. The van der Waals surface area contributed by atoms with Crippen LogP contribution in [0.25, 0.3) is 0 Å². The fourth-order valence-corrected chi connectivity index (χ4v) is 1.86. The minimum atomic E-state index is -0.153. The van der Waals surface area contributed by atoms with Crippen LogP contribution in [0.5, 0.6) is 0 Å². The van der Waals surface area contributed by atoms with Gasteiger partial charge in [0.15, 0.2) is 5.82 Å². The molecular formula is C11H14N4O. The number of anilines is 1. The molecule has 0 bridgehead atoms. The van der Waals surface area contributed by atoms with Crippen molar-refractivity contribution in [1.29, 1.82) is 5.26 Å². The van der Waals surface area contributed by atoms with E-state index in [1.807, 2.05) is 0 Å². The summed E-state index contributed by atoms with van der Waals surface area (Å²) >= 11 is 0. The predicted octanol–water partition coefficient (Wildman–Crippen LogP) is 0.963. The second kappa shape index (κ2) is 4.06. The van der Waals surface area contributed by atoms with Crippen LogP contribution in [0.1, 0.15) is 19.4 Å². The standard InChI is InChI=1S/C11H14N4O/c1-11(2)8-16-6-5-15(11)10-9(7-12)3-4-13-14-10/h3-4H,5-6,8H2,1-2H3. The largest absolute Gasteiger partial charge is 0.377 e. The molecule has 1 aliphatic heterocycles. The van der Waals surface area contributed by atoms with E-state index in [9.17, 15) is 0 Å². The van der Waals surface area contributed by atoms with E-state index in [0.717, 1.165) is 6.54 Å². The molecule has 84 valence electrons. The topological polar surface area (TPSA) is 62.0 Å². The molecule has 1 aromatic rings. The highest BCUT2D eigenvalue weighted by Crippen LogP contribution is 2.26. The summed E-state index contributed by atoms with van der Waals surface area (Å²) in [6.07, 6.45) is 1.54. The quantitative estimate of drug-likeness (QED) is 0.702. The number of hydrogen-bond donors (Lipinski definition) is 0. The number of morpholine rings is 1. The Bertz CT molecular complexity index is 424. The van der Waals surface area contributed by atoms with Gasteiger partial charge in [-0.25, -0.2) is 0 Å². The van der Waals surface area contributed by atoms with Gasteiger partial charge in [0, 0.05) is 6.54 Å². The minimum Gasteiger partial charge on any atom is -0.377 e. The van der Waals surface area contributed by atoms with Crippen LogP contribution in [-0.4, -0.2) is 35.5 Å². The molecule has 0 spiro atoms. The van der Waals surface area contributed by atoms with E-state index < -0.39 is 0 Å². The van der Waals surface area contributed by atoms with Gasteiger partial charge in [-0.3, -0.25) is 0 Å². The second-order valence-electron chi connectivity index (χ2n) is 4.40. The van der Waals surface area contributed by atoms with Crippen LogP contribution >= 0.6 is 0 Å². The highest BCUT2D eigenvalue weighted by Gasteiger charge is 2.33. The molecule has 0 unspecified atom stereocenters. The number of ether oxygens (including phenoxy) is 1. The summed E-state index contributed by atoms with van der Waals surface area (Å²) in [7, 11) is 0. The molecule has 0 N–H and O–H groups in total. The number of nitriles is 1. The zero-order chi connectivity index (χ0) is 11.6. The summed E-state index contributed by atoms with van der Waals surface area (Å²) in [5.41, 5.74) is 0.407. The van der Waals surface area contributed by atoms with Crippen LogP contribution in [0.2, 0.25) is 0 Å². The van der Waals surface area contributed by atoms with Gasteiger partial charge in [0.05, 0.1) is 30.5 Å². The zero-order valence-electron chi connectivity index (χ0n) is 9.47. The van der Waals surface area contributed by atoms with E-state index in [1.54, 1.807) is 6.07 Å². The van der Waals surface area contributed by atoms with Crippen LogP contribution in [0.3, 0.4) is 0 Å². The molecule has 1 fully saturated rings. The number of aromatic nitrogens is 2. The average Bonchev–Trinajstić information content (AvgIpc) is 2.28. The second-order valence-corrected chi connectivity index (χ2v) is 4.40. The van der Waals surface area contributed by atoms with E-state index in [1.165, 1.54) is 6.20 Å². The SMILES string of the molecule is CC1(C)COCCN1c1nnccc1C#N. The van der Waals surface area contributed by atoms with Crippen LogP contribution < -0.4 is 4.90 Å². The maximum atomic E-state index is 9.04. The fraction of sp³-hybridized carbons (Fsp3) is 0.545. The van der Waals surface area contributed by atoms with Crippen molar-refractivity contribution < 1.29 is 4.74 Å². The van der Waals surface area contributed by atoms with E-state index in [-0.39, 0.29) is 5.54 Å². The van der Waals surface area contributed by atoms with Crippen LogP contribution in [0.4, 0.5) is 5.82 Å². The molecule has 0 amide bonds. The van der Waals surface area contributed by atoms with Gasteiger partial charge in [-0.2, -0.15) is 10.4 Å². The average molecular weight is 218 g/mol. The summed E-state index contributed by atoms with van der Waals surface area (Å²) in [5.74, 6) is 0.651. The lowest BCUT2D eigenvalue weighted by atomic mass is 10.0. The predicted molar refractivity (Wildman–Crippen MR) is 59.0 cm³/mol. The fourth-order valence-electron chi connectivity index (χ4n) is 1.86. The summed E-state index contributed by atoms with van der Waals surface area (Å²) < 4.78 is 5.44. The molecule has 0 aromatic carbocycles. The molecule has 0 aliphatic carbocycles. The number of nitrogens with zero attached hydrogens (tertiary/aromatic N) is 4. The van der Waals surface area contributed by atoms with Crippen molar-refractivity contribution in [3.8, 4) is 6.07 Å². The third-order valence-corrected chi connectivity index (χ3v) is 2.72. The van der Waals surface area contributed by atoms with Crippen molar-refractivity contribution in [3.05, 3.63) is 17.8 Å². The molecule has 1 aliphatic rings. The molecule has 2 rings (SSSR count). The Morgan fingerprint density at radius 2 is 2.38 bits per heavy atom. The molecular weight excluding hydrogens is 204 g/mol. The lowest BCUT2D eigenvalue weighted by Gasteiger charge is -2.42. The van der Waals surface area contributed by atoms with Crippen molar-refractivity contribution in [2.24, 2.45) is 0 Å². The van der Waals surface area contributed by atoms with Crippen molar-refractivity contribution in [2.45, 2.75) is 19.4 Å². The molecule has 1 saturated heterocycles. The molecule has 16 heavy (non-hydrogen) atoms. The minimum absolute atomic E-state index is 0.153. The normalized spacial score (nSPS) is 19.2. The molecule has 1 aromatic heterocycles. The van der Waals surface area contributed by atoms with Crippen LogP contribution in [0, 0.1) is 11.3 Å². The summed E-state index contributed by atoms with van der Waals surface area (Å²) in [5, 5.41) is 17.0. The molecule has 0 saturated carbocycles. The van der Waals surface area contributed by atoms with E-state index >= 15 is 0 Å². The van der Waals surface area contributed by atoms with Gasteiger partial charge in [0.1, 0.15) is 6.07 Å². The van der Waals surface area contributed by atoms with Crippen molar-refractivity contribution in [1.82, 2.24) is 10.2 Å². The first-order chi connectivity index (χ1) is 7.65. The molecule has 0 atom stereocenters.